The summed E-state index contributed by atoms with van der Waals surface area (Å²) in [4.78, 5) is 0. The molecule has 0 aliphatic rings. The summed E-state index contributed by atoms with van der Waals surface area (Å²) >= 11 is 0. The Morgan fingerprint density at radius 1 is 1.17 bits per heavy atom. The van der Waals surface area contributed by atoms with Gasteiger partial charge in [0.25, 0.3) is 0 Å². The van der Waals surface area contributed by atoms with E-state index in [2.05, 4.69) is 57.3 Å². The van der Waals surface area contributed by atoms with E-state index in [1.54, 1.807) is 0 Å². The third-order valence-corrected chi connectivity index (χ3v) is 3.19. The van der Waals surface area contributed by atoms with Crippen LogP contribution >= 0.6 is 0 Å². The third kappa shape index (κ3) is 5.54. The van der Waals surface area contributed by atoms with Crippen LogP contribution in [0, 0.1) is 11.3 Å². The van der Waals surface area contributed by atoms with Crippen molar-refractivity contribution in [3.8, 4) is 0 Å². The zero-order valence-electron chi connectivity index (χ0n) is 12.3. The minimum atomic E-state index is 0.255. The summed E-state index contributed by atoms with van der Waals surface area (Å²) in [5.74, 6) is 0.715. The Bertz CT molecular complexity index is 339. The Balaban J connectivity index is 2.48. The monoisotopic (exact) mass is 248 g/mol. The van der Waals surface area contributed by atoms with Gasteiger partial charge in [-0.2, -0.15) is 0 Å². The van der Waals surface area contributed by atoms with E-state index in [-0.39, 0.29) is 5.41 Å². The van der Waals surface area contributed by atoms with Gasteiger partial charge in [-0.3, -0.25) is 0 Å². The second kappa shape index (κ2) is 6.79. The fraction of sp³-hybridized carbons (Fsp3) is 0.625. The number of hydrogen-bond donors (Lipinski definition) is 2. The molecule has 2 heteroatoms. The molecule has 0 saturated carbocycles. The highest BCUT2D eigenvalue weighted by Crippen LogP contribution is 2.21. The van der Waals surface area contributed by atoms with Crippen LogP contribution in [0.15, 0.2) is 24.3 Å². The van der Waals surface area contributed by atoms with Crippen molar-refractivity contribution in [1.82, 2.24) is 0 Å². The van der Waals surface area contributed by atoms with Crippen LogP contribution < -0.4 is 11.1 Å². The Hall–Kier alpha value is -1.02. The summed E-state index contributed by atoms with van der Waals surface area (Å²) in [6.45, 7) is 10.7. The zero-order valence-corrected chi connectivity index (χ0v) is 12.3. The Kier molecular flexibility index (Phi) is 5.67. The summed E-state index contributed by atoms with van der Waals surface area (Å²) in [6, 6.07) is 8.79. The molecule has 0 amide bonds. The number of anilines is 1. The van der Waals surface area contributed by atoms with Crippen molar-refractivity contribution in [3.05, 3.63) is 29.8 Å². The fourth-order valence-corrected chi connectivity index (χ4v) is 2.05. The first kappa shape index (κ1) is 15.0. The number of hydrogen-bond acceptors (Lipinski definition) is 2. The first-order valence-electron chi connectivity index (χ1n) is 6.96. The number of benzene rings is 1. The van der Waals surface area contributed by atoms with Crippen LogP contribution in [-0.2, 0) is 6.42 Å². The molecule has 18 heavy (non-hydrogen) atoms. The van der Waals surface area contributed by atoms with Gasteiger partial charge in [-0.15, -0.1) is 0 Å². The van der Waals surface area contributed by atoms with Crippen molar-refractivity contribution in [2.24, 2.45) is 17.1 Å². The predicted octanol–water partition coefficient (Wildman–Crippen LogP) is 3.67. The van der Waals surface area contributed by atoms with E-state index in [4.69, 9.17) is 5.73 Å². The Morgan fingerprint density at radius 3 is 2.28 bits per heavy atom. The van der Waals surface area contributed by atoms with Gasteiger partial charge >= 0.3 is 0 Å². The van der Waals surface area contributed by atoms with Gasteiger partial charge in [0.2, 0.25) is 0 Å². The summed E-state index contributed by atoms with van der Waals surface area (Å²) in [6.07, 6.45) is 2.20. The molecule has 0 spiro atoms. The Labute approximate surface area is 112 Å². The smallest absolute Gasteiger partial charge is 0.0340 e. The summed E-state index contributed by atoms with van der Waals surface area (Å²) in [5, 5.41) is 3.49. The second-order valence-electron chi connectivity index (χ2n) is 6.35. The maximum absolute atomic E-state index is 5.62. The van der Waals surface area contributed by atoms with E-state index in [0.717, 1.165) is 25.9 Å². The van der Waals surface area contributed by atoms with Gasteiger partial charge in [0.05, 0.1) is 0 Å². The largest absolute Gasteiger partial charge is 0.385 e. The normalized spacial score (nSPS) is 11.9. The van der Waals surface area contributed by atoms with E-state index in [9.17, 15) is 0 Å². The van der Waals surface area contributed by atoms with Crippen molar-refractivity contribution in [1.29, 1.82) is 0 Å². The van der Waals surface area contributed by atoms with Gasteiger partial charge < -0.3 is 11.1 Å². The first-order valence-corrected chi connectivity index (χ1v) is 6.96. The molecule has 0 atom stereocenters. The van der Waals surface area contributed by atoms with Crippen molar-refractivity contribution < 1.29 is 0 Å². The summed E-state index contributed by atoms with van der Waals surface area (Å²) in [7, 11) is 0. The molecule has 0 unspecified atom stereocenters. The molecule has 0 aromatic heterocycles. The Morgan fingerprint density at radius 2 is 1.78 bits per heavy atom. The topological polar surface area (TPSA) is 38.0 Å². The van der Waals surface area contributed by atoms with Crippen LogP contribution in [0.2, 0.25) is 0 Å². The van der Waals surface area contributed by atoms with Gasteiger partial charge in [0.1, 0.15) is 0 Å². The first-order chi connectivity index (χ1) is 8.43. The van der Waals surface area contributed by atoms with Crippen LogP contribution in [0.1, 0.15) is 39.7 Å². The SMILES string of the molecule is CC(C)Cc1ccc(NCC(C)(C)CCN)cc1. The van der Waals surface area contributed by atoms with Gasteiger partial charge in [0, 0.05) is 12.2 Å². The van der Waals surface area contributed by atoms with Gasteiger partial charge in [-0.05, 0) is 48.4 Å². The highest BCUT2D eigenvalue weighted by Gasteiger charge is 2.16. The molecule has 0 aliphatic carbocycles. The van der Waals surface area contributed by atoms with E-state index in [1.165, 1.54) is 11.3 Å². The highest BCUT2D eigenvalue weighted by molar-refractivity contribution is 5.44. The minimum absolute atomic E-state index is 0.255. The highest BCUT2D eigenvalue weighted by atomic mass is 14.9. The zero-order chi connectivity index (χ0) is 13.6. The van der Waals surface area contributed by atoms with Crippen LogP contribution in [-0.4, -0.2) is 13.1 Å². The van der Waals surface area contributed by atoms with Gasteiger partial charge in [-0.25, -0.2) is 0 Å². The lowest BCUT2D eigenvalue weighted by atomic mass is 9.89. The van der Waals surface area contributed by atoms with Gasteiger partial charge in [-0.1, -0.05) is 39.8 Å². The summed E-state index contributed by atoms with van der Waals surface area (Å²) < 4.78 is 0. The molecular formula is C16H28N2. The molecule has 1 aromatic rings. The molecule has 0 aliphatic heterocycles. The van der Waals surface area contributed by atoms with E-state index >= 15 is 0 Å². The van der Waals surface area contributed by atoms with E-state index < -0.39 is 0 Å². The summed E-state index contributed by atoms with van der Waals surface area (Å²) in [5.41, 5.74) is 8.49. The molecule has 0 bridgehead atoms. The maximum Gasteiger partial charge on any atom is 0.0340 e. The predicted molar refractivity (Wildman–Crippen MR) is 80.9 cm³/mol. The van der Waals surface area contributed by atoms with Crippen molar-refractivity contribution in [2.75, 3.05) is 18.4 Å². The molecular weight excluding hydrogens is 220 g/mol. The van der Waals surface area contributed by atoms with Crippen LogP contribution in [0.5, 0.6) is 0 Å². The molecule has 0 radical (unpaired) electrons. The second-order valence-corrected chi connectivity index (χ2v) is 6.35. The molecule has 3 N–H and O–H groups in total. The van der Waals surface area contributed by atoms with Crippen molar-refractivity contribution in [3.63, 3.8) is 0 Å². The van der Waals surface area contributed by atoms with E-state index in [1.807, 2.05) is 0 Å². The average molecular weight is 248 g/mol. The lowest BCUT2D eigenvalue weighted by Crippen LogP contribution is -2.26. The van der Waals surface area contributed by atoms with Crippen molar-refractivity contribution in [2.45, 2.75) is 40.5 Å². The lowest BCUT2D eigenvalue weighted by Gasteiger charge is -2.24. The molecule has 0 fully saturated rings. The molecule has 2 nitrogen and oxygen atoms in total. The van der Waals surface area contributed by atoms with Gasteiger partial charge in [0.15, 0.2) is 0 Å². The molecule has 0 heterocycles. The van der Waals surface area contributed by atoms with Crippen LogP contribution in [0.4, 0.5) is 5.69 Å². The van der Waals surface area contributed by atoms with Crippen molar-refractivity contribution >= 4 is 5.69 Å². The molecule has 1 rings (SSSR count). The van der Waals surface area contributed by atoms with Crippen LogP contribution in [0.25, 0.3) is 0 Å². The van der Waals surface area contributed by atoms with Crippen LogP contribution in [0.3, 0.4) is 0 Å². The standard InChI is InChI=1S/C16H28N2/c1-13(2)11-14-5-7-15(8-6-14)18-12-16(3,4)9-10-17/h5-8,13,18H,9-12,17H2,1-4H3. The molecule has 102 valence electrons. The molecule has 1 aromatic carbocycles. The fourth-order valence-electron chi connectivity index (χ4n) is 2.05. The quantitative estimate of drug-likeness (QED) is 0.772. The van der Waals surface area contributed by atoms with E-state index in [0.29, 0.717) is 5.92 Å². The number of nitrogens with one attached hydrogen (secondary N) is 1. The maximum atomic E-state index is 5.62. The molecule has 0 saturated heterocycles. The lowest BCUT2D eigenvalue weighted by molar-refractivity contribution is 0.365. The number of nitrogens with two attached hydrogens (primary N) is 1. The minimum Gasteiger partial charge on any atom is -0.385 e. The number of rotatable bonds is 7. The third-order valence-electron chi connectivity index (χ3n) is 3.19. The average Bonchev–Trinajstić information content (AvgIpc) is 2.27.